The number of hydrogen-bond donors (Lipinski definition) is 1. The summed E-state index contributed by atoms with van der Waals surface area (Å²) in [4.78, 5) is 0. The van der Waals surface area contributed by atoms with Gasteiger partial charge in [0.1, 0.15) is 12.4 Å². The van der Waals surface area contributed by atoms with E-state index in [0.29, 0.717) is 19.1 Å². The smallest absolute Gasteiger partial charge is 0.127 e. The van der Waals surface area contributed by atoms with Gasteiger partial charge in [0, 0.05) is 16.6 Å². The maximum Gasteiger partial charge on any atom is 0.127 e. The molecule has 0 saturated carbocycles. The Balaban J connectivity index is 2.41. The van der Waals surface area contributed by atoms with E-state index >= 15 is 0 Å². The predicted octanol–water partition coefficient (Wildman–Crippen LogP) is 3.69. The van der Waals surface area contributed by atoms with Crippen molar-refractivity contribution in [3.8, 4) is 5.75 Å². The van der Waals surface area contributed by atoms with Crippen molar-refractivity contribution in [2.75, 3.05) is 19.8 Å². The van der Waals surface area contributed by atoms with E-state index in [1.807, 2.05) is 19.1 Å². The van der Waals surface area contributed by atoms with Gasteiger partial charge in [-0.15, -0.1) is 0 Å². The summed E-state index contributed by atoms with van der Waals surface area (Å²) >= 11 is 3.41. The van der Waals surface area contributed by atoms with Gasteiger partial charge < -0.3 is 14.6 Å². The molecule has 0 heterocycles. The Labute approximate surface area is 124 Å². The number of benzene rings is 1. The first-order chi connectivity index (χ1) is 9.04. The van der Waals surface area contributed by atoms with Crippen molar-refractivity contribution in [1.29, 1.82) is 0 Å². The van der Waals surface area contributed by atoms with Gasteiger partial charge in [-0.1, -0.05) is 29.8 Å². The van der Waals surface area contributed by atoms with E-state index < -0.39 is 0 Å². The molecule has 0 aliphatic carbocycles. The molecular weight excluding hydrogens is 308 g/mol. The lowest BCUT2D eigenvalue weighted by molar-refractivity contribution is 0.0915. The Morgan fingerprint density at radius 1 is 1.21 bits per heavy atom. The zero-order valence-corrected chi connectivity index (χ0v) is 13.5. The fourth-order valence-corrected chi connectivity index (χ4v) is 2.37. The van der Waals surface area contributed by atoms with E-state index in [9.17, 15) is 5.11 Å². The van der Waals surface area contributed by atoms with Gasteiger partial charge >= 0.3 is 0 Å². The Kier molecular flexibility index (Phi) is 7.42. The van der Waals surface area contributed by atoms with E-state index in [4.69, 9.17) is 9.47 Å². The van der Waals surface area contributed by atoms with Crippen molar-refractivity contribution in [1.82, 2.24) is 0 Å². The Hall–Kier alpha value is -0.580. The molecule has 1 aromatic rings. The molecule has 0 radical (unpaired) electrons. The number of aryl methyl sites for hydroxylation is 1. The molecule has 3 nitrogen and oxygen atoms in total. The number of aliphatic hydroxyl groups is 1. The van der Waals surface area contributed by atoms with Crippen LogP contribution < -0.4 is 4.74 Å². The molecule has 0 aromatic heterocycles. The summed E-state index contributed by atoms with van der Waals surface area (Å²) in [5.74, 6) is 1.42. The summed E-state index contributed by atoms with van der Waals surface area (Å²) in [6, 6.07) is 3.86. The molecule has 0 bridgehead atoms. The summed E-state index contributed by atoms with van der Waals surface area (Å²) in [6.45, 7) is 8.16. The van der Waals surface area contributed by atoms with E-state index in [1.165, 1.54) is 0 Å². The van der Waals surface area contributed by atoms with Crippen LogP contribution in [0.25, 0.3) is 0 Å². The molecule has 108 valence electrons. The van der Waals surface area contributed by atoms with Crippen LogP contribution in [0, 0.1) is 12.8 Å². The van der Waals surface area contributed by atoms with Gasteiger partial charge in [0.2, 0.25) is 0 Å². The average molecular weight is 331 g/mol. The van der Waals surface area contributed by atoms with Crippen LogP contribution in [0.4, 0.5) is 0 Å². The quantitative estimate of drug-likeness (QED) is 0.739. The fourth-order valence-electron chi connectivity index (χ4n) is 1.75. The topological polar surface area (TPSA) is 38.7 Å². The number of hydrogen-bond acceptors (Lipinski definition) is 3. The van der Waals surface area contributed by atoms with Crippen molar-refractivity contribution in [2.24, 2.45) is 5.92 Å². The molecular formula is C15H23BrO3. The fraction of sp³-hybridized carbons (Fsp3) is 0.600. The number of rotatable bonds is 8. The molecule has 0 saturated heterocycles. The van der Waals surface area contributed by atoms with Gasteiger partial charge in [0.25, 0.3) is 0 Å². The van der Waals surface area contributed by atoms with E-state index in [2.05, 4.69) is 29.8 Å². The van der Waals surface area contributed by atoms with Crippen molar-refractivity contribution in [3.63, 3.8) is 0 Å². The van der Waals surface area contributed by atoms with Crippen molar-refractivity contribution >= 4 is 15.9 Å². The molecule has 1 rings (SSSR count). The molecule has 1 aromatic carbocycles. The molecule has 0 unspecified atom stereocenters. The van der Waals surface area contributed by atoms with Crippen LogP contribution in [-0.2, 0) is 11.3 Å². The molecule has 0 fully saturated rings. The van der Waals surface area contributed by atoms with E-state index in [0.717, 1.165) is 34.4 Å². The van der Waals surface area contributed by atoms with Gasteiger partial charge in [-0.25, -0.2) is 0 Å². The first kappa shape index (κ1) is 16.5. The zero-order valence-electron chi connectivity index (χ0n) is 11.9. The highest BCUT2D eigenvalue weighted by Crippen LogP contribution is 2.28. The van der Waals surface area contributed by atoms with Crippen LogP contribution in [0.3, 0.4) is 0 Å². The minimum Gasteiger partial charge on any atom is -0.491 e. The van der Waals surface area contributed by atoms with E-state index in [-0.39, 0.29) is 6.61 Å². The van der Waals surface area contributed by atoms with Gasteiger partial charge in [-0.3, -0.25) is 0 Å². The summed E-state index contributed by atoms with van der Waals surface area (Å²) in [7, 11) is 0. The second-order valence-corrected chi connectivity index (χ2v) is 5.93. The van der Waals surface area contributed by atoms with Crippen LogP contribution in [0.1, 0.15) is 31.4 Å². The number of halogens is 1. The molecule has 0 aliphatic heterocycles. The summed E-state index contributed by atoms with van der Waals surface area (Å²) < 4.78 is 12.2. The normalized spacial score (nSPS) is 11.1. The highest BCUT2D eigenvalue weighted by atomic mass is 79.9. The molecule has 0 atom stereocenters. The third-order valence-corrected chi connectivity index (χ3v) is 3.26. The van der Waals surface area contributed by atoms with Crippen LogP contribution in [0.5, 0.6) is 5.75 Å². The number of aliphatic hydroxyl groups excluding tert-OH is 1. The highest BCUT2D eigenvalue weighted by molar-refractivity contribution is 9.10. The van der Waals surface area contributed by atoms with E-state index in [1.54, 1.807) is 0 Å². The first-order valence-electron chi connectivity index (χ1n) is 6.65. The minimum atomic E-state index is -0.0240. The third-order valence-electron chi connectivity index (χ3n) is 2.80. The lowest BCUT2D eigenvalue weighted by atomic mass is 10.1. The van der Waals surface area contributed by atoms with Crippen LogP contribution in [-0.4, -0.2) is 24.9 Å². The van der Waals surface area contributed by atoms with Gasteiger partial charge in [0.15, 0.2) is 0 Å². The van der Waals surface area contributed by atoms with Gasteiger partial charge in [0.05, 0.1) is 13.2 Å². The Morgan fingerprint density at radius 2 is 1.95 bits per heavy atom. The monoisotopic (exact) mass is 330 g/mol. The summed E-state index contributed by atoms with van der Waals surface area (Å²) in [5.41, 5.74) is 1.81. The Bertz CT molecular complexity index is 391. The van der Waals surface area contributed by atoms with Crippen molar-refractivity contribution in [2.45, 2.75) is 33.8 Å². The third kappa shape index (κ3) is 5.93. The molecule has 0 aliphatic rings. The maximum absolute atomic E-state index is 9.34. The SMILES string of the molecule is Cc1cc(Br)cc(CO)c1OCCOCCC(C)C. The second kappa shape index (κ2) is 8.56. The standard InChI is InChI=1S/C15H23BrO3/c1-11(2)4-5-18-6-7-19-15-12(3)8-14(16)9-13(15)10-17/h8-9,11,17H,4-7,10H2,1-3H3. The van der Waals surface area contributed by atoms with Gasteiger partial charge in [-0.2, -0.15) is 0 Å². The largest absolute Gasteiger partial charge is 0.491 e. The molecule has 1 N–H and O–H groups in total. The van der Waals surface area contributed by atoms with Crippen molar-refractivity contribution < 1.29 is 14.6 Å². The second-order valence-electron chi connectivity index (χ2n) is 5.01. The highest BCUT2D eigenvalue weighted by Gasteiger charge is 2.08. The maximum atomic E-state index is 9.34. The predicted molar refractivity (Wildman–Crippen MR) is 80.6 cm³/mol. The average Bonchev–Trinajstić information content (AvgIpc) is 2.34. The molecule has 19 heavy (non-hydrogen) atoms. The van der Waals surface area contributed by atoms with Crippen LogP contribution >= 0.6 is 15.9 Å². The first-order valence-corrected chi connectivity index (χ1v) is 7.44. The molecule has 0 spiro atoms. The van der Waals surface area contributed by atoms with Crippen LogP contribution in [0.2, 0.25) is 0 Å². The Morgan fingerprint density at radius 3 is 2.58 bits per heavy atom. The van der Waals surface area contributed by atoms with Gasteiger partial charge in [-0.05, 0) is 37.0 Å². The lowest BCUT2D eigenvalue weighted by Crippen LogP contribution is -2.10. The molecule has 0 amide bonds. The molecule has 4 heteroatoms. The lowest BCUT2D eigenvalue weighted by Gasteiger charge is -2.14. The van der Waals surface area contributed by atoms with Crippen molar-refractivity contribution in [3.05, 3.63) is 27.7 Å². The summed E-state index contributed by atoms with van der Waals surface area (Å²) in [5, 5.41) is 9.34. The van der Waals surface area contributed by atoms with Crippen LogP contribution in [0.15, 0.2) is 16.6 Å². The minimum absolute atomic E-state index is 0.0240. The number of ether oxygens (including phenoxy) is 2. The summed E-state index contributed by atoms with van der Waals surface area (Å²) in [6.07, 6.45) is 1.07. The zero-order chi connectivity index (χ0) is 14.3.